The van der Waals surface area contributed by atoms with Crippen molar-refractivity contribution in [3.63, 3.8) is 0 Å². The van der Waals surface area contributed by atoms with Crippen molar-refractivity contribution >= 4 is 6.29 Å². The predicted octanol–water partition coefficient (Wildman–Crippen LogP) is 2.22. The highest BCUT2D eigenvalue weighted by Gasteiger charge is 2.36. The zero-order valence-electron chi connectivity index (χ0n) is 6.41. The molecule has 0 radical (unpaired) electrons. The molecule has 1 fully saturated rings. The first-order valence-electron chi connectivity index (χ1n) is 3.86. The third-order valence-electron chi connectivity index (χ3n) is 2.24. The molecule has 0 bridgehead atoms. The second-order valence-corrected chi connectivity index (χ2v) is 3.18. The van der Waals surface area contributed by atoms with Crippen LogP contribution in [-0.4, -0.2) is 6.29 Å². The van der Waals surface area contributed by atoms with Gasteiger partial charge in [-0.2, -0.15) is 0 Å². The minimum Gasteiger partial charge on any atom is -0.458 e. The number of hydrogen-bond donors (Lipinski definition) is 0. The fraction of sp³-hybridized carbons (Fsp3) is 0.444. The highest BCUT2D eigenvalue weighted by molar-refractivity contribution is 5.70. The third-order valence-corrected chi connectivity index (χ3v) is 2.24. The zero-order chi connectivity index (χ0) is 7.84. The van der Waals surface area contributed by atoms with Crippen molar-refractivity contribution < 1.29 is 9.21 Å². The quantitative estimate of drug-likeness (QED) is 0.605. The van der Waals surface area contributed by atoms with E-state index in [0.717, 1.165) is 18.0 Å². The Morgan fingerprint density at radius 1 is 1.64 bits per heavy atom. The SMILES string of the molecule is C[C@@H]1C[C@H]1c1ccc(C=O)o1. The summed E-state index contributed by atoms with van der Waals surface area (Å²) >= 11 is 0. The molecule has 2 nitrogen and oxygen atoms in total. The number of hydrogen-bond acceptors (Lipinski definition) is 2. The van der Waals surface area contributed by atoms with Crippen molar-refractivity contribution in [2.45, 2.75) is 19.3 Å². The van der Waals surface area contributed by atoms with Gasteiger partial charge < -0.3 is 4.42 Å². The van der Waals surface area contributed by atoms with Crippen LogP contribution in [0.2, 0.25) is 0 Å². The van der Waals surface area contributed by atoms with E-state index >= 15 is 0 Å². The van der Waals surface area contributed by atoms with Crippen molar-refractivity contribution in [2.24, 2.45) is 5.92 Å². The molecule has 1 saturated carbocycles. The topological polar surface area (TPSA) is 30.2 Å². The van der Waals surface area contributed by atoms with E-state index in [1.807, 2.05) is 6.07 Å². The van der Waals surface area contributed by atoms with Crippen LogP contribution in [0.5, 0.6) is 0 Å². The molecule has 11 heavy (non-hydrogen) atoms. The Morgan fingerprint density at radius 3 is 2.82 bits per heavy atom. The van der Waals surface area contributed by atoms with Gasteiger partial charge in [-0.25, -0.2) is 0 Å². The van der Waals surface area contributed by atoms with E-state index in [1.165, 1.54) is 6.42 Å². The lowest BCUT2D eigenvalue weighted by atomic mass is 10.3. The molecule has 0 aliphatic heterocycles. The second-order valence-electron chi connectivity index (χ2n) is 3.18. The van der Waals surface area contributed by atoms with Crippen LogP contribution in [0.1, 0.15) is 35.6 Å². The van der Waals surface area contributed by atoms with Gasteiger partial charge in [-0.15, -0.1) is 0 Å². The van der Waals surface area contributed by atoms with Gasteiger partial charge in [0, 0.05) is 5.92 Å². The van der Waals surface area contributed by atoms with Crippen LogP contribution in [0.25, 0.3) is 0 Å². The fourth-order valence-electron chi connectivity index (χ4n) is 1.35. The lowest BCUT2D eigenvalue weighted by Gasteiger charge is -1.87. The van der Waals surface area contributed by atoms with Crippen LogP contribution in [0.15, 0.2) is 16.5 Å². The normalized spacial score (nSPS) is 28.5. The number of furan rings is 1. The summed E-state index contributed by atoms with van der Waals surface area (Å²) in [4.78, 5) is 10.3. The summed E-state index contributed by atoms with van der Waals surface area (Å²) in [5.74, 6) is 2.73. The first kappa shape index (κ1) is 6.65. The Labute approximate surface area is 65.2 Å². The van der Waals surface area contributed by atoms with E-state index in [-0.39, 0.29) is 0 Å². The maximum atomic E-state index is 10.3. The van der Waals surface area contributed by atoms with Crippen LogP contribution >= 0.6 is 0 Å². The van der Waals surface area contributed by atoms with Crippen LogP contribution in [0.3, 0.4) is 0 Å². The maximum absolute atomic E-state index is 10.3. The third kappa shape index (κ3) is 1.09. The standard InChI is InChI=1S/C9H10O2/c1-6-4-8(6)9-3-2-7(5-10)11-9/h2-3,5-6,8H,4H2,1H3/t6-,8-/m1/s1. The van der Waals surface area contributed by atoms with Gasteiger partial charge in [0.15, 0.2) is 12.0 Å². The summed E-state index contributed by atoms with van der Waals surface area (Å²) in [6, 6.07) is 3.63. The molecular weight excluding hydrogens is 140 g/mol. The Balaban J connectivity index is 2.19. The van der Waals surface area contributed by atoms with Gasteiger partial charge in [0.25, 0.3) is 0 Å². The van der Waals surface area contributed by atoms with E-state index < -0.39 is 0 Å². The van der Waals surface area contributed by atoms with Crippen molar-refractivity contribution in [3.8, 4) is 0 Å². The molecule has 1 aromatic rings. The van der Waals surface area contributed by atoms with E-state index in [1.54, 1.807) is 6.07 Å². The smallest absolute Gasteiger partial charge is 0.185 e. The number of carbonyl (C=O) groups is 1. The Bertz CT molecular complexity index is 275. The van der Waals surface area contributed by atoms with Gasteiger partial charge in [-0.1, -0.05) is 6.92 Å². The van der Waals surface area contributed by atoms with Gasteiger partial charge in [0.05, 0.1) is 0 Å². The lowest BCUT2D eigenvalue weighted by molar-refractivity contribution is 0.109. The van der Waals surface area contributed by atoms with Crippen LogP contribution in [-0.2, 0) is 0 Å². The van der Waals surface area contributed by atoms with E-state index in [0.29, 0.717) is 11.7 Å². The van der Waals surface area contributed by atoms with E-state index in [9.17, 15) is 4.79 Å². The summed E-state index contributed by atoms with van der Waals surface area (Å²) in [5, 5.41) is 0. The Kier molecular flexibility index (Phi) is 1.34. The summed E-state index contributed by atoms with van der Waals surface area (Å²) in [7, 11) is 0. The fourth-order valence-corrected chi connectivity index (χ4v) is 1.35. The first-order valence-corrected chi connectivity index (χ1v) is 3.86. The average molecular weight is 150 g/mol. The monoisotopic (exact) mass is 150 g/mol. The highest BCUT2D eigenvalue weighted by atomic mass is 16.3. The average Bonchev–Trinajstić information content (AvgIpc) is 2.59. The second kappa shape index (κ2) is 2.22. The van der Waals surface area contributed by atoms with Gasteiger partial charge in [-0.3, -0.25) is 4.79 Å². The molecule has 1 aromatic heterocycles. The molecule has 58 valence electrons. The van der Waals surface area contributed by atoms with Crippen molar-refractivity contribution in [1.29, 1.82) is 0 Å². The molecule has 2 rings (SSSR count). The number of aldehydes is 1. The largest absolute Gasteiger partial charge is 0.458 e. The highest BCUT2D eigenvalue weighted by Crippen LogP contribution is 2.47. The van der Waals surface area contributed by atoms with E-state index in [2.05, 4.69) is 6.92 Å². The molecule has 2 heteroatoms. The van der Waals surface area contributed by atoms with E-state index in [4.69, 9.17) is 4.42 Å². The van der Waals surface area contributed by atoms with Crippen LogP contribution in [0.4, 0.5) is 0 Å². The Morgan fingerprint density at radius 2 is 2.36 bits per heavy atom. The molecule has 1 aliphatic rings. The Hall–Kier alpha value is -1.05. The summed E-state index contributed by atoms with van der Waals surface area (Å²) in [5.41, 5.74) is 0. The molecule has 0 amide bonds. The molecule has 0 aromatic carbocycles. The molecular formula is C9H10O2. The maximum Gasteiger partial charge on any atom is 0.185 e. The first-order chi connectivity index (χ1) is 5.31. The summed E-state index contributed by atoms with van der Waals surface area (Å²) in [6.07, 6.45) is 1.95. The molecule has 0 N–H and O–H groups in total. The number of rotatable bonds is 2. The summed E-state index contributed by atoms with van der Waals surface area (Å²) in [6.45, 7) is 2.19. The molecule has 2 atom stereocenters. The van der Waals surface area contributed by atoms with Gasteiger partial charge in [0.1, 0.15) is 5.76 Å². The van der Waals surface area contributed by atoms with Crippen molar-refractivity contribution in [2.75, 3.05) is 0 Å². The van der Waals surface area contributed by atoms with Gasteiger partial charge in [-0.05, 0) is 24.5 Å². The minimum absolute atomic E-state index is 0.444. The van der Waals surface area contributed by atoms with Gasteiger partial charge >= 0.3 is 0 Å². The van der Waals surface area contributed by atoms with Gasteiger partial charge in [0.2, 0.25) is 0 Å². The zero-order valence-corrected chi connectivity index (χ0v) is 6.41. The number of carbonyl (C=O) groups excluding carboxylic acids is 1. The molecule has 0 unspecified atom stereocenters. The summed E-state index contributed by atoms with van der Waals surface area (Å²) < 4.78 is 5.26. The molecule has 0 spiro atoms. The van der Waals surface area contributed by atoms with Crippen molar-refractivity contribution in [3.05, 3.63) is 23.7 Å². The van der Waals surface area contributed by atoms with Crippen LogP contribution in [0, 0.1) is 5.92 Å². The predicted molar refractivity (Wildman–Crippen MR) is 40.6 cm³/mol. The molecule has 0 saturated heterocycles. The lowest BCUT2D eigenvalue weighted by Crippen LogP contribution is -1.74. The molecule has 1 aliphatic carbocycles. The van der Waals surface area contributed by atoms with Crippen molar-refractivity contribution in [1.82, 2.24) is 0 Å². The van der Waals surface area contributed by atoms with Crippen LogP contribution < -0.4 is 0 Å². The molecule has 1 heterocycles. The minimum atomic E-state index is 0.444.